The van der Waals surface area contributed by atoms with Gasteiger partial charge in [-0.05, 0) is 75.4 Å². The molecule has 28 heavy (non-hydrogen) atoms. The molecule has 0 radical (unpaired) electrons. The minimum absolute atomic E-state index is 0.0332. The molecule has 3 saturated heterocycles. The first-order valence-corrected chi connectivity index (χ1v) is 10.6. The van der Waals surface area contributed by atoms with Gasteiger partial charge in [0.1, 0.15) is 0 Å². The van der Waals surface area contributed by atoms with E-state index in [9.17, 15) is 9.59 Å². The summed E-state index contributed by atoms with van der Waals surface area (Å²) in [6, 6.07) is 7.64. The van der Waals surface area contributed by atoms with Gasteiger partial charge in [0.05, 0.1) is 6.04 Å². The monoisotopic (exact) mass is 384 g/mol. The average Bonchev–Trinajstić information content (AvgIpc) is 3.35. The van der Waals surface area contributed by atoms with E-state index in [4.69, 9.17) is 0 Å². The van der Waals surface area contributed by atoms with E-state index in [0.29, 0.717) is 12.0 Å². The molecule has 1 aromatic carbocycles. The Morgan fingerprint density at radius 1 is 1.14 bits per heavy atom. The molecule has 0 aromatic heterocycles. The molecule has 1 aromatic rings. The number of hydrogen-bond donors (Lipinski definition) is 2. The predicted octanol–water partition coefficient (Wildman–Crippen LogP) is 1.61. The quantitative estimate of drug-likeness (QED) is 0.828. The number of carbonyl (C=O) groups is 2. The zero-order valence-electron chi connectivity index (χ0n) is 16.9. The van der Waals surface area contributed by atoms with Crippen LogP contribution in [-0.4, -0.2) is 67.4 Å². The molecule has 0 unspecified atom stereocenters. The van der Waals surface area contributed by atoms with E-state index in [1.54, 1.807) is 0 Å². The summed E-state index contributed by atoms with van der Waals surface area (Å²) in [5.74, 6) is 0.239. The molecule has 2 N–H and O–H groups in total. The van der Waals surface area contributed by atoms with Crippen molar-refractivity contribution in [3.05, 3.63) is 35.4 Å². The van der Waals surface area contributed by atoms with Crippen LogP contribution < -0.4 is 10.6 Å². The fourth-order valence-electron chi connectivity index (χ4n) is 5.06. The first-order chi connectivity index (χ1) is 13.6. The van der Waals surface area contributed by atoms with Gasteiger partial charge in [-0.15, -0.1) is 0 Å². The van der Waals surface area contributed by atoms with E-state index in [-0.39, 0.29) is 17.9 Å². The van der Waals surface area contributed by atoms with Gasteiger partial charge in [0.25, 0.3) is 5.91 Å². The minimum atomic E-state index is -0.0332. The van der Waals surface area contributed by atoms with Gasteiger partial charge < -0.3 is 15.5 Å². The smallest absolute Gasteiger partial charge is 0.253 e. The summed E-state index contributed by atoms with van der Waals surface area (Å²) < 4.78 is 0. The van der Waals surface area contributed by atoms with Crippen molar-refractivity contribution in [1.29, 1.82) is 0 Å². The van der Waals surface area contributed by atoms with Crippen molar-refractivity contribution in [2.24, 2.45) is 5.41 Å². The normalized spacial score (nSPS) is 24.6. The van der Waals surface area contributed by atoms with Crippen LogP contribution in [0, 0.1) is 5.41 Å². The van der Waals surface area contributed by atoms with Crippen LogP contribution in [0.15, 0.2) is 24.3 Å². The molecule has 3 aliphatic rings. The maximum absolute atomic E-state index is 12.8. The lowest BCUT2D eigenvalue weighted by Crippen LogP contribution is -2.41. The van der Waals surface area contributed by atoms with E-state index < -0.39 is 0 Å². The number of hydrogen-bond acceptors (Lipinski definition) is 4. The highest BCUT2D eigenvalue weighted by Crippen LogP contribution is 2.41. The number of benzene rings is 1. The summed E-state index contributed by atoms with van der Waals surface area (Å²) >= 11 is 0. The Bertz CT molecular complexity index is 706. The minimum Gasteiger partial charge on any atom is -0.351 e. The van der Waals surface area contributed by atoms with Crippen LogP contribution >= 0.6 is 0 Å². The average molecular weight is 385 g/mol. The van der Waals surface area contributed by atoms with Crippen molar-refractivity contribution < 1.29 is 9.59 Å². The molecule has 6 nitrogen and oxygen atoms in total. The number of amides is 2. The van der Waals surface area contributed by atoms with Crippen LogP contribution in [0.2, 0.25) is 0 Å². The standard InChI is InChI=1S/C22H32N4O2/c1-25-16-22(8-10-23-11-9-22)14-19(25)20(27)24-15-17-4-6-18(7-5-17)21(28)26-12-2-3-13-26/h4-7,19,23H,2-3,8-16H2,1H3,(H,24,27)/t19-/m1/s1. The molecule has 6 heteroatoms. The molecule has 152 valence electrons. The molecule has 1 atom stereocenters. The highest BCUT2D eigenvalue weighted by molar-refractivity contribution is 5.94. The zero-order chi connectivity index (χ0) is 19.6. The topological polar surface area (TPSA) is 64.7 Å². The summed E-state index contributed by atoms with van der Waals surface area (Å²) in [5.41, 5.74) is 2.07. The van der Waals surface area contributed by atoms with Gasteiger partial charge in [-0.25, -0.2) is 0 Å². The molecule has 0 saturated carbocycles. The summed E-state index contributed by atoms with van der Waals surface area (Å²) in [6.45, 7) is 5.37. The highest BCUT2D eigenvalue weighted by atomic mass is 16.2. The predicted molar refractivity (Wildman–Crippen MR) is 109 cm³/mol. The molecule has 3 aliphatic heterocycles. The Kier molecular flexibility index (Phi) is 5.69. The van der Waals surface area contributed by atoms with E-state index >= 15 is 0 Å². The summed E-state index contributed by atoms with van der Waals surface area (Å²) in [6.07, 6.45) is 5.48. The molecule has 0 bridgehead atoms. The Morgan fingerprint density at radius 3 is 2.50 bits per heavy atom. The lowest BCUT2D eigenvalue weighted by atomic mass is 9.77. The molecule has 0 aliphatic carbocycles. The molecule has 4 rings (SSSR count). The van der Waals surface area contributed by atoms with Crippen LogP contribution in [0.25, 0.3) is 0 Å². The number of piperidine rings is 1. The first kappa shape index (κ1) is 19.4. The van der Waals surface area contributed by atoms with E-state index in [1.165, 1.54) is 0 Å². The molecular weight excluding hydrogens is 352 g/mol. The van der Waals surface area contributed by atoms with Gasteiger partial charge in [-0.2, -0.15) is 0 Å². The molecular formula is C22H32N4O2. The van der Waals surface area contributed by atoms with E-state index in [2.05, 4.69) is 22.6 Å². The van der Waals surface area contributed by atoms with Crippen LogP contribution in [0.5, 0.6) is 0 Å². The molecule has 2 amide bonds. The van der Waals surface area contributed by atoms with Crippen molar-refractivity contribution in [2.75, 3.05) is 39.8 Å². The van der Waals surface area contributed by atoms with Gasteiger partial charge in [-0.1, -0.05) is 12.1 Å². The number of rotatable bonds is 4. The van der Waals surface area contributed by atoms with Crippen molar-refractivity contribution in [1.82, 2.24) is 20.4 Å². The number of likely N-dealkylation sites (tertiary alicyclic amines) is 2. The second-order valence-corrected chi connectivity index (χ2v) is 8.80. The van der Waals surface area contributed by atoms with Gasteiger partial charge >= 0.3 is 0 Å². The number of nitrogens with zero attached hydrogens (tertiary/aromatic N) is 2. The van der Waals surface area contributed by atoms with E-state index in [1.807, 2.05) is 29.2 Å². The Hall–Kier alpha value is -1.92. The van der Waals surface area contributed by atoms with Crippen LogP contribution in [-0.2, 0) is 11.3 Å². The van der Waals surface area contributed by atoms with Crippen LogP contribution in [0.4, 0.5) is 0 Å². The highest BCUT2D eigenvalue weighted by Gasteiger charge is 2.45. The molecule has 1 spiro atoms. The maximum atomic E-state index is 12.8. The van der Waals surface area contributed by atoms with E-state index in [0.717, 1.165) is 76.0 Å². The summed E-state index contributed by atoms with van der Waals surface area (Å²) in [7, 11) is 2.07. The van der Waals surface area contributed by atoms with Gasteiger partial charge in [-0.3, -0.25) is 14.5 Å². The van der Waals surface area contributed by atoms with Gasteiger partial charge in [0.15, 0.2) is 0 Å². The first-order valence-electron chi connectivity index (χ1n) is 10.6. The molecule has 3 heterocycles. The van der Waals surface area contributed by atoms with Crippen molar-refractivity contribution in [2.45, 2.75) is 44.7 Å². The number of nitrogens with one attached hydrogen (secondary N) is 2. The lowest BCUT2D eigenvalue weighted by Gasteiger charge is -2.33. The molecule has 3 fully saturated rings. The Morgan fingerprint density at radius 2 is 1.82 bits per heavy atom. The lowest BCUT2D eigenvalue weighted by molar-refractivity contribution is -0.125. The third kappa shape index (κ3) is 4.08. The summed E-state index contributed by atoms with van der Waals surface area (Å²) in [4.78, 5) is 29.3. The Balaban J connectivity index is 1.30. The van der Waals surface area contributed by atoms with Crippen LogP contribution in [0.3, 0.4) is 0 Å². The fourth-order valence-corrected chi connectivity index (χ4v) is 5.06. The zero-order valence-corrected chi connectivity index (χ0v) is 16.9. The van der Waals surface area contributed by atoms with Crippen molar-refractivity contribution >= 4 is 11.8 Å². The second-order valence-electron chi connectivity index (χ2n) is 8.80. The fraction of sp³-hybridized carbons (Fsp3) is 0.636. The largest absolute Gasteiger partial charge is 0.351 e. The number of likely N-dealkylation sites (N-methyl/N-ethyl adjacent to an activating group) is 1. The maximum Gasteiger partial charge on any atom is 0.253 e. The second kappa shape index (κ2) is 8.21. The van der Waals surface area contributed by atoms with Gasteiger partial charge in [0, 0.05) is 31.7 Å². The Labute approximate surface area is 167 Å². The third-order valence-corrected chi connectivity index (χ3v) is 6.77. The summed E-state index contributed by atoms with van der Waals surface area (Å²) in [5, 5.41) is 6.53. The van der Waals surface area contributed by atoms with Gasteiger partial charge in [0.2, 0.25) is 5.91 Å². The van der Waals surface area contributed by atoms with Crippen LogP contribution in [0.1, 0.15) is 48.0 Å². The van der Waals surface area contributed by atoms with Crippen molar-refractivity contribution in [3.63, 3.8) is 0 Å². The SMILES string of the molecule is CN1CC2(CCNCC2)C[C@@H]1C(=O)NCc1ccc(C(=O)N2CCCC2)cc1. The third-order valence-electron chi connectivity index (χ3n) is 6.77. The van der Waals surface area contributed by atoms with Crippen molar-refractivity contribution in [3.8, 4) is 0 Å². The number of carbonyl (C=O) groups excluding carboxylic acids is 2.